The predicted octanol–water partition coefficient (Wildman–Crippen LogP) is -2.11. The van der Waals surface area contributed by atoms with Crippen LogP contribution in [0.1, 0.15) is 6.23 Å². The lowest BCUT2D eigenvalue weighted by molar-refractivity contribution is -0.0462. The van der Waals surface area contributed by atoms with Gasteiger partial charge in [0.05, 0.1) is 6.61 Å². The van der Waals surface area contributed by atoms with Gasteiger partial charge in [0, 0.05) is 0 Å². The molecule has 0 aromatic carbocycles. The summed E-state index contributed by atoms with van der Waals surface area (Å²) >= 11 is 0. The molecule has 1 fully saturated rings. The average molecular weight is 301 g/mol. The number of nitrogens with zero attached hydrogens (tertiary/aromatic N) is 3. The maximum atomic E-state index is 11.7. The Kier molecular flexibility index (Phi) is 3.19. The van der Waals surface area contributed by atoms with Crippen LogP contribution in [0.2, 0.25) is 0 Å². The number of hydrogen-bond acceptors (Lipinski definition) is 8. The van der Waals surface area contributed by atoms with Crippen molar-refractivity contribution < 1.29 is 20.1 Å². The molecule has 0 saturated carbocycles. The molecule has 0 bridgehead atoms. The van der Waals surface area contributed by atoms with Gasteiger partial charge in [-0.05, 0) is 0 Å². The molecule has 4 atom stereocenters. The number of aromatic nitrogens is 4. The molecular formula is C9H12N5O5P. The van der Waals surface area contributed by atoms with Crippen LogP contribution in [0, 0.1) is 0 Å². The van der Waals surface area contributed by atoms with E-state index in [4.69, 9.17) is 15.6 Å². The summed E-state index contributed by atoms with van der Waals surface area (Å²) in [6, 6.07) is 0. The number of nitrogens with one attached hydrogen (secondary N) is 1. The molecule has 1 saturated heterocycles. The highest BCUT2D eigenvalue weighted by atomic mass is 31.1. The van der Waals surface area contributed by atoms with E-state index in [9.17, 15) is 15.0 Å². The number of rotatable bonds is 2. The molecule has 0 amide bonds. The maximum absolute atomic E-state index is 11.7. The van der Waals surface area contributed by atoms with E-state index in [1.165, 1.54) is 4.33 Å². The second-order valence-corrected chi connectivity index (χ2v) is 5.20. The Morgan fingerprint density at radius 1 is 1.45 bits per heavy atom. The zero-order valence-electron chi connectivity index (χ0n) is 10.0. The standard InChI is InChI=1S/C9H12N5O5P/c10-9-11-6-3(7(18)12-9)13-20-14(6)8-5(17)4(16)2(1-15)19-8/h2,4-5,8,15-17H,1H2,(H3,10,11,12,18)/t2-,4-,5-,8-/m1/s1. The average Bonchev–Trinajstić information content (AvgIpc) is 2.93. The minimum absolute atomic E-state index is 0.0820. The fraction of sp³-hybridized carbons (Fsp3) is 0.556. The van der Waals surface area contributed by atoms with Gasteiger partial charge in [0.15, 0.2) is 17.4 Å². The number of nitrogen functional groups attached to an aromatic ring is 1. The Morgan fingerprint density at radius 3 is 2.85 bits per heavy atom. The molecule has 0 aliphatic carbocycles. The van der Waals surface area contributed by atoms with Crippen molar-refractivity contribution in [3.63, 3.8) is 0 Å². The first-order chi connectivity index (χ1) is 9.52. The van der Waals surface area contributed by atoms with Crippen LogP contribution in [-0.4, -0.2) is 59.3 Å². The largest absolute Gasteiger partial charge is 0.394 e. The number of fused-ring (bicyclic) bond motifs is 1. The van der Waals surface area contributed by atoms with Crippen molar-refractivity contribution >= 4 is 25.6 Å². The van der Waals surface area contributed by atoms with E-state index < -0.39 is 36.7 Å². The minimum Gasteiger partial charge on any atom is -0.394 e. The lowest BCUT2D eigenvalue weighted by atomic mass is 10.1. The predicted molar refractivity (Wildman–Crippen MR) is 68.1 cm³/mol. The zero-order valence-corrected chi connectivity index (χ0v) is 10.9. The Bertz CT molecular complexity index is 702. The van der Waals surface area contributed by atoms with Gasteiger partial charge >= 0.3 is 0 Å². The molecular weight excluding hydrogens is 289 g/mol. The Morgan fingerprint density at radius 2 is 2.20 bits per heavy atom. The molecule has 10 nitrogen and oxygen atoms in total. The van der Waals surface area contributed by atoms with Gasteiger partial charge in [-0.2, -0.15) is 4.98 Å². The molecule has 2 aromatic heterocycles. The van der Waals surface area contributed by atoms with Crippen molar-refractivity contribution in [2.24, 2.45) is 0 Å². The summed E-state index contributed by atoms with van der Waals surface area (Å²) < 4.78 is 10.7. The van der Waals surface area contributed by atoms with Crippen LogP contribution in [-0.2, 0) is 4.74 Å². The van der Waals surface area contributed by atoms with Crippen molar-refractivity contribution in [1.29, 1.82) is 0 Å². The molecule has 1 aliphatic rings. The fourth-order valence-corrected chi connectivity index (χ4v) is 2.99. The van der Waals surface area contributed by atoms with Crippen molar-refractivity contribution in [3.05, 3.63) is 10.4 Å². The summed E-state index contributed by atoms with van der Waals surface area (Å²) in [4.78, 5) is 17.9. The van der Waals surface area contributed by atoms with Crippen molar-refractivity contribution in [2.75, 3.05) is 12.3 Å². The molecule has 3 heterocycles. The van der Waals surface area contributed by atoms with Gasteiger partial charge in [0.1, 0.15) is 26.8 Å². The number of nitrogens with two attached hydrogens (primary N) is 1. The van der Waals surface area contributed by atoms with E-state index in [2.05, 4.69) is 14.7 Å². The van der Waals surface area contributed by atoms with Gasteiger partial charge in [0.25, 0.3) is 5.56 Å². The van der Waals surface area contributed by atoms with E-state index in [0.29, 0.717) is 8.51 Å². The van der Waals surface area contributed by atoms with Crippen LogP contribution in [0.25, 0.3) is 11.2 Å². The van der Waals surface area contributed by atoms with Gasteiger partial charge in [-0.15, -0.1) is 0 Å². The van der Waals surface area contributed by atoms with Crippen molar-refractivity contribution in [3.8, 4) is 0 Å². The third kappa shape index (κ3) is 1.89. The lowest BCUT2D eigenvalue weighted by Crippen LogP contribution is -2.33. The maximum Gasteiger partial charge on any atom is 0.280 e. The SMILES string of the molecule is Nc1nc2c(npn2[C@@H]2O[C@H](CO)[C@@H](O)[C@H]2O)c(=O)[nH]1. The molecule has 0 spiro atoms. The molecule has 0 radical (unpaired) electrons. The lowest BCUT2D eigenvalue weighted by Gasteiger charge is -2.15. The molecule has 11 heteroatoms. The number of aliphatic hydroxyl groups excluding tert-OH is 3. The van der Waals surface area contributed by atoms with Gasteiger partial charge in [-0.25, -0.2) is 4.75 Å². The summed E-state index contributed by atoms with van der Waals surface area (Å²) in [5, 5.41) is 28.8. The summed E-state index contributed by atoms with van der Waals surface area (Å²) in [6.45, 7) is -0.436. The number of ether oxygens (including phenoxy) is 1. The number of aromatic amines is 1. The summed E-state index contributed by atoms with van der Waals surface area (Å²) in [6.07, 6.45) is -4.37. The van der Waals surface area contributed by atoms with E-state index in [1.807, 2.05) is 0 Å². The number of anilines is 1. The number of hydrogen-bond donors (Lipinski definition) is 5. The quantitative estimate of drug-likeness (QED) is 0.421. The Balaban J connectivity index is 2.09. The smallest absolute Gasteiger partial charge is 0.280 e. The van der Waals surface area contributed by atoms with Gasteiger partial charge in [-0.3, -0.25) is 14.1 Å². The van der Waals surface area contributed by atoms with E-state index in [0.717, 1.165) is 0 Å². The van der Waals surface area contributed by atoms with E-state index in [1.54, 1.807) is 0 Å². The molecule has 108 valence electrons. The highest BCUT2D eigenvalue weighted by Crippen LogP contribution is 2.33. The van der Waals surface area contributed by atoms with Gasteiger partial charge < -0.3 is 25.8 Å². The molecule has 2 aromatic rings. The minimum atomic E-state index is -1.26. The van der Waals surface area contributed by atoms with E-state index in [-0.39, 0.29) is 17.1 Å². The highest BCUT2D eigenvalue weighted by Gasteiger charge is 2.44. The summed E-state index contributed by atoms with van der Waals surface area (Å²) in [5.74, 6) is -0.0854. The highest BCUT2D eigenvalue weighted by molar-refractivity contribution is 7.21. The van der Waals surface area contributed by atoms with Gasteiger partial charge in [-0.1, -0.05) is 0 Å². The molecule has 1 aliphatic heterocycles. The van der Waals surface area contributed by atoms with Crippen LogP contribution >= 0.6 is 8.51 Å². The molecule has 20 heavy (non-hydrogen) atoms. The number of aliphatic hydroxyl groups is 3. The molecule has 3 rings (SSSR count). The summed E-state index contributed by atoms with van der Waals surface area (Å²) in [5.41, 5.74) is 5.24. The van der Waals surface area contributed by atoms with Crippen LogP contribution < -0.4 is 11.3 Å². The second kappa shape index (κ2) is 4.76. The summed E-state index contributed by atoms with van der Waals surface area (Å²) in [7, 11) is 0.313. The third-order valence-electron chi connectivity index (χ3n) is 3.11. The fourth-order valence-electron chi connectivity index (χ4n) is 2.11. The van der Waals surface area contributed by atoms with Crippen LogP contribution in [0.3, 0.4) is 0 Å². The van der Waals surface area contributed by atoms with E-state index >= 15 is 0 Å². The number of H-pyrrole nitrogens is 1. The molecule has 6 N–H and O–H groups in total. The van der Waals surface area contributed by atoms with Crippen molar-refractivity contribution in [2.45, 2.75) is 24.5 Å². The van der Waals surface area contributed by atoms with Crippen LogP contribution in [0.4, 0.5) is 5.95 Å². The van der Waals surface area contributed by atoms with Crippen LogP contribution in [0.5, 0.6) is 0 Å². The second-order valence-electron chi connectivity index (χ2n) is 4.39. The Hall–Kier alpha value is -1.58. The van der Waals surface area contributed by atoms with Crippen LogP contribution in [0.15, 0.2) is 4.79 Å². The first-order valence-corrected chi connectivity index (χ1v) is 6.56. The van der Waals surface area contributed by atoms with Gasteiger partial charge in [0.2, 0.25) is 5.95 Å². The first kappa shape index (κ1) is 13.4. The first-order valence-electron chi connectivity index (χ1n) is 5.76. The third-order valence-corrected chi connectivity index (χ3v) is 4.01. The Labute approximate surface area is 113 Å². The zero-order chi connectivity index (χ0) is 14.4. The molecule has 0 unspecified atom stereocenters. The monoisotopic (exact) mass is 301 g/mol. The van der Waals surface area contributed by atoms with Crippen molar-refractivity contribution in [1.82, 2.24) is 19.0 Å². The normalized spacial score (nSPS) is 30.6. The topological polar surface area (TPSA) is 160 Å².